The summed E-state index contributed by atoms with van der Waals surface area (Å²) in [5, 5.41) is 0. The molecule has 5 nitrogen and oxygen atoms in total. The van der Waals surface area contributed by atoms with Crippen molar-refractivity contribution in [2.75, 3.05) is 11.5 Å². The van der Waals surface area contributed by atoms with Gasteiger partial charge in [-0.1, -0.05) is 76.8 Å². The van der Waals surface area contributed by atoms with Gasteiger partial charge in [0.1, 0.15) is 0 Å². The van der Waals surface area contributed by atoms with Gasteiger partial charge in [0.15, 0.2) is 0 Å². The Hall–Kier alpha value is -2.95. The molecule has 2 aromatic rings. The highest BCUT2D eigenvalue weighted by molar-refractivity contribution is 6.34. The van der Waals surface area contributed by atoms with Crippen molar-refractivity contribution in [2.24, 2.45) is 0 Å². The van der Waals surface area contributed by atoms with Crippen LogP contribution in [-0.4, -0.2) is 24.4 Å². The van der Waals surface area contributed by atoms with Crippen LogP contribution in [0.2, 0.25) is 0 Å². The van der Waals surface area contributed by atoms with E-state index in [0.717, 1.165) is 17.7 Å². The van der Waals surface area contributed by atoms with E-state index in [2.05, 4.69) is 6.92 Å². The first kappa shape index (κ1) is 23.7. The van der Waals surface area contributed by atoms with E-state index in [1.54, 1.807) is 48.5 Å². The number of rotatable bonds is 13. The maximum atomic E-state index is 12.6. The van der Waals surface area contributed by atoms with Gasteiger partial charge in [-0.25, -0.2) is 9.69 Å². The molecule has 170 valence electrons. The van der Waals surface area contributed by atoms with Gasteiger partial charge < -0.3 is 4.74 Å². The number of carbonyl (C=O) groups is 3. The molecule has 0 saturated carbocycles. The van der Waals surface area contributed by atoms with Gasteiger partial charge in [0.25, 0.3) is 11.8 Å². The quantitative estimate of drug-likeness (QED) is 0.203. The molecule has 0 atom stereocenters. The first-order valence-electron chi connectivity index (χ1n) is 11.9. The van der Waals surface area contributed by atoms with E-state index in [1.807, 2.05) is 0 Å². The Morgan fingerprint density at radius 1 is 0.719 bits per heavy atom. The smallest absolute Gasteiger partial charge is 0.338 e. The fourth-order valence-electron chi connectivity index (χ4n) is 4.01. The normalized spacial score (nSPS) is 12.8. The van der Waals surface area contributed by atoms with Gasteiger partial charge in [-0.05, 0) is 42.8 Å². The number of nitrogens with zero attached hydrogens (tertiary/aromatic N) is 1. The van der Waals surface area contributed by atoms with Crippen LogP contribution in [0.5, 0.6) is 0 Å². The highest BCUT2D eigenvalue weighted by Gasteiger charge is 2.36. The number of benzene rings is 2. The third kappa shape index (κ3) is 6.06. The van der Waals surface area contributed by atoms with Gasteiger partial charge in [0, 0.05) is 0 Å². The summed E-state index contributed by atoms with van der Waals surface area (Å²) < 4.78 is 5.37. The molecule has 2 aromatic carbocycles. The van der Waals surface area contributed by atoms with E-state index in [4.69, 9.17) is 4.74 Å². The lowest BCUT2D eigenvalue weighted by molar-refractivity contribution is 0.0497. The Kier molecular flexibility index (Phi) is 9.02. The van der Waals surface area contributed by atoms with Crippen LogP contribution in [0.1, 0.15) is 102 Å². The predicted molar refractivity (Wildman–Crippen MR) is 126 cm³/mol. The number of unbranched alkanes of at least 4 members (excludes halogenated alkanes) is 9. The Labute approximate surface area is 190 Å². The molecule has 1 aliphatic heterocycles. The highest BCUT2D eigenvalue weighted by Crippen LogP contribution is 2.28. The number of carbonyl (C=O) groups excluding carboxylic acids is 3. The van der Waals surface area contributed by atoms with E-state index >= 15 is 0 Å². The Morgan fingerprint density at radius 3 is 1.75 bits per heavy atom. The standard InChI is InChI=1S/C27H33NO4/c1-2-3-4-5-6-7-8-9-10-13-20-32-27(31)21-16-18-22(19-17-21)28-25(29)23-14-11-12-15-24(23)26(28)30/h11-12,14-19H,2-10,13,20H2,1H3. The van der Waals surface area contributed by atoms with Gasteiger partial charge in [-0.15, -0.1) is 0 Å². The van der Waals surface area contributed by atoms with Crippen molar-refractivity contribution in [3.05, 3.63) is 65.2 Å². The third-order valence-corrected chi connectivity index (χ3v) is 5.89. The number of hydrogen-bond acceptors (Lipinski definition) is 4. The maximum Gasteiger partial charge on any atom is 0.338 e. The number of ether oxygens (including phenoxy) is 1. The van der Waals surface area contributed by atoms with Crippen molar-refractivity contribution in [3.8, 4) is 0 Å². The summed E-state index contributed by atoms with van der Waals surface area (Å²) in [5.41, 5.74) is 1.66. The fraction of sp³-hybridized carbons (Fsp3) is 0.444. The average Bonchev–Trinajstić information content (AvgIpc) is 3.07. The lowest BCUT2D eigenvalue weighted by Crippen LogP contribution is -2.29. The zero-order valence-electron chi connectivity index (χ0n) is 19.0. The van der Waals surface area contributed by atoms with Crippen molar-refractivity contribution in [1.82, 2.24) is 0 Å². The van der Waals surface area contributed by atoms with Crippen LogP contribution < -0.4 is 4.90 Å². The van der Waals surface area contributed by atoms with Gasteiger partial charge >= 0.3 is 5.97 Å². The van der Waals surface area contributed by atoms with Gasteiger partial charge in [0.05, 0.1) is 29.0 Å². The largest absolute Gasteiger partial charge is 0.462 e. The summed E-state index contributed by atoms with van der Waals surface area (Å²) >= 11 is 0. The molecule has 3 rings (SSSR count). The molecular weight excluding hydrogens is 402 g/mol. The van der Waals surface area contributed by atoms with Crippen LogP contribution in [0.3, 0.4) is 0 Å². The van der Waals surface area contributed by atoms with Crippen molar-refractivity contribution in [1.29, 1.82) is 0 Å². The van der Waals surface area contributed by atoms with E-state index in [0.29, 0.717) is 29.0 Å². The van der Waals surface area contributed by atoms with Crippen LogP contribution in [0.25, 0.3) is 0 Å². The van der Waals surface area contributed by atoms with Crippen LogP contribution in [-0.2, 0) is 4.74 Å². The van der Waals surface area contributed by atoms with E-state index in [9.17, 15) is 14.4 Å². The van der Waals surface area contributed by atoms with Crippen LogP contribution in [0, 0.1) is 0 Å². The van der Waals surface area contributed by atoms with Gasteiger partial charge in [-0.3, -0.25) is 9.59 Å². The molecule has 0 aromatic heterocycles. The molecule has 1 aliphatic rings. The summed E-state index contributed by atoms with van der Waals surface area (Å²) in [4.78, 5) is 38.6. The zero-order valence-corrected chi connectivity index (χ0v) is 19.0. The Morgan fingerprint density at radius 2 is 1.22 bits per heavy atom. The summed E-state index contributed by atoms with van der Waals surface area (Å²) in [6.45, 7) is 2.65. The molecule has 5 heteroatoms. The van der Waals surface area contributed by atoms with Crippen molar-refractivity contribution in [3.63, 3.8) is 0 Å². The molecule has 0 aliphatic carbocycles. The van der Waals surface area contributed by atoms with Crippen molar-refractivity contribution in [2.45, 2.75) is 71.1 Å². The molecule has 0 fully saturated rings. The van der Waals surface area contributed by atoms with E-state index < -0.39 is 0 Å². The van der Waals surface area contributed by atoms with Gasteiger partial charge in [-0.2, -0.15) is 0 Å². The fourth-order valence-corrected chi connectivity index (χ4v) is 4.01. The number of esters is 1. The number of imide groups is 1. The molecule has 0 bridgehead atoms. The minimum Gasteiger partial charge on any atom is -0.462 e. The number of hydrogen-bond donors (Lipinski definition) is 0. The Balaban J connectivity index is 1.37. The first-order valence-corrected chi connectivity index (χ1v) is 11.9. The topological polar surface area (TPSA) is 63.7 Å². The molecule has 0 N–H and O–H groups in total. The second kappa shape index (κ2) is 12.2. The summed E-state index contributed by atoms with van der Waals surface area (Å²) in [6.07, 6.45) is 12.3. The molecule has 1 heterocycles. The van der Waals surface area contributed by atoms with Crippen LogP contribution in [0.15, 0.2) is 48.5 Å². The van der Waals surface area contributed by atoms with E-state index in [-0.39, 0.29) is 17.8 Å². The SMILES string of the molecule is CCCCCCCCCCCCOC(=O)c1ccc(N2C(=O)c3ccccc3C2=O)cc1. The monoisotopic (exact) mass is 435 g/mol. The summed E-state index contributed by atoms with van der Waals surface area (Å²) in [5.74, 6) is -1.07. The second-order valence-electron chi connectivity index (χ2n) is 8.36. The minimum absolute atomic E-state index is 0.345. The second-order valence-corrected chi connectivity index (χ2v) is 8.36. The van der Waals surface area contributed by atoms with Crippen LogP contribution >= 0.6 is 0 Å². The molecule has 2 amide bonds. The molecule has 0 spiro atoms. The molecule has 0 saturated heterocycles. The van der Waals surface area contributed by atoms with Crippen LogP contribution in [0.4, 0.5) is 5.69 Å². The lowest BCUT2D eigenvalue weighted by Gasteiger charge is -2.14. The van der Waals surface area contributed by atoms with Gasteiger partial charge in [0.2, 0.25) is 0 Å². The number of anilines is 1. The molecule has 0 unspecified atom stereocenters. The zero-order chi connectivity index (χ0) is 22.8. The average molecular weight is 436 g/mol. The third-order valence-electron chi connectivity index (χ3n) is 5.89. The minimum atomic E-state index is -0.380. The first-order chi connectivity index (χ1) is 15.6. The summed E-state index contributed by atoms with van der Waals surface area (Å²) in [7, 11) is 0. The molecule has 0 radical (unpaired) electrons. The number of amides is 2. The molecule has 32 heavy (non-hydrogen) atoms. The number of fused-ring (bicyclic) bond motifs is 1. The highest BCUT2D eigenvalue weighted by atomic mass is 16.5. The maximum absolute atomic E-state index is 12.6. The lowest BCUT2D eigenvalue weighted by atomic mass is 10.1. The molecular formula is C27H33NO4. The predicted octanol–water partition coefficient (Wildman–Crippen LogP) is 6.56. The van der Waals surface area contributed by atoms with Crippen molar-refractivity contribution >= 4 is 23.5 Å². The Bertz CT molecular complexity index is 885. The van der Waals surface area contributed by atoms with Crippen molar-refractivity contribution < 1.29 is 19.1 Å². The summed E-state index contributed by atoms with van der Waals surface area (Å²) in [6, 6.07) is 13.2. The van der Waals surface area contributed by atoms with E-state index in [1.165, 1.54) is 51.4 Å².